The summed E-state index contributed by atoms with van der Waals surface area (Å²) in [7, 11) is 0. The van der Waals surface area contributed by atoms with Crippen molar-refractivity contribution >= 4 is 10.9 Å². The monoisotopic (exact) mass is 353 g/mol. The van der Waals surface area contributed by atoms with Crippen LogP contribution in [0.3, 0.4) is 0 Å². The molecule has 26 heavy (non-hydrogen) atoms. The van der Waals surface area contributed by atoms with Gasteiger partial charge in [-0.05, 0) is 43.9 Å². The lowest BCUT2D eigenvalue weighted by atomic mass is 10.0. The van der Waals surface area contributed by atoms with Gasteiger partial charge in [-0.25, -0.2) is 4.79 Å². The number of aromatic nitrogens is 1. The highest BCUT2D eigenvalue weighted by atomic mass is 16.6. The predicted molar refractivity (Wildman–Crippen MR) is 101 cm³/mol. The van der Waals surface area contributed by atoms with E-state index in [0.717, 1.165) is 6.42 Å². The van der Waals surface area contributed by atoms with Crippen LogP contribution in [0.5, 0.6) is 11.8 Å². The molecule has 0 N–H and O–H groups in total. The third-order valence-corrected chi connectivity index (χ3v) is 3.88. The molecule has 0 bridgehead atoms. The van der Waals surface area contributed by atoms with Crippen LogP contribution in [0.15, 0.2) is 57.7 Å². The molecule has 0 spiro atoms. The predicted octanol–water partition coefficient (Wildman–Crippen LogP) is 4.23. The minimum atomic E-state index is -0.503. The number of ether oxygens (including phenoxy) is 2. The third-order valence-electron chi connectivity index (χ3n) is 3.88. The van der Waals surface area contributed by atoms with Crippen LogP contribution in [0.1, 0.15) is 26.3 Å². The minimum Gasteiger partial charge on any atom is -0.490 e. The van der Waals surface area contributed by atoms with Crippen molar-refractivity contribution in [2.24, 2.45) is 5.92 Å². The molecule has 1 aromatic heterocycles. The number of hydrogen-bond acceptors (Lipinski definition) is 5. The summed E-state index contributed by atoms with van der Waals surface area (Å²) in [6.45, 7) is 6.30. The maximum atomic E-state index is 12.4. The van der Waals surface area contributed by atoms with Crippen LogP contribution in [-0.2, 0) is 6.42 Å². The number of benzene rings is 2. The first kappa shape index (κ1) is 18.0. The van der Waals surface area contributed by atoms with E-state index in [0.29, 0.717) is 23.3 Å². The molecule has 0 saturated carbocycles. The van der Waals surface area contributed by atoms with Gasteiger partial charge in [-0.1, -0.05) is 43.3 Å². The van der Waals surface area contributed by atoms with Crippen LogP contribution >= 0.6 is 0 Å². The fraction of sp³-hybridized carbons (Fsp3) is 0.333. The zero-order valence-corrected chi connectivity index (χ0v) is 15.3. The molecule has 0 aliphatic heterocycles. The standard InChI is InChI=1S/C21H23NO4/c1-14(2)25-18-11-7-10-17-19(18)20(23)26-21(22-17)24-13-15(3)12-16-8-5-4-6-9-16/h4-11,14-15H,12-13H2,1-3H3. The Balaban J connectivity index is 1.74. The lowest BCUT2D eigenvalue weighted by molar-refractivity contribution is 0.184. The fourth-order valence-corrected chi connectivity index (χ4v) is 2.77. The average Bonchev–Trinajstić information content (AvgIpc) is 2.60. The Morgan fingerprint density at radius 2 is 1.81 bits per heavy atom. The van der Waals surface area contributed by atoms with Crippen molar-refractivity contribution in [2.45, 2.75) is 33.3 Å². The first-order valence-electron chi connectivity index (χ1n) is 8.80. The van der Waals surface area contributed by atoms with Crippen molar-refractivity contribution < 1.29 is 13.9 Å². The highest BCUT2D eigenvalue weighted by Crippen LogP contribution is 2.24. The summed E-state index contributed by atoms with van der Waals surface area (Å²) in [4.78, 5) is 16.7. The molecule has 0 fully saturated rings. The van der Waals surface area contributed by atoms with E-state index in [1.54, 1.807) is 18.2 Å². The van der Waals surface area contributed by atoms with Gasteiger partial charge in [0, 0.05) is 0 Å². The Kier molecular flexibility index (Phi) is 5.56. The third kappa shape index (κ3) is 4.42. The van der Waals surface area contributed by atoms with Gasteiger partial charge in [-0.2, -0.15) is 4.98 Å². The molecule has 0 aliphatic carbocycles. The SMILES string of the molecule is CC(COc1nc2cccc(OC(C)C)c2c(=O)o1)Cc1ccccc1. The molecule has 2 aromatic carbocycles. The molecule has 0 radical (unpaired) electrons. The molecule has 0 aliphatic rings. The highest BCUT2D eigenvalue weighted by molar-refractivity contribution is 5.83. The zero-order chi connectivity index (χ0) is 18.5. The highest BCUT2D eigenvalue weighted by Gasteiger charge is 2.14. The van der Waals surface area contributed by atoms with Crippen molar-refractivity contribution in [1.82, 2.24) is 4.98 Å². The number of hydrogen-bond donors (Lipinski definition) is 0. The Hall–Kier alpha value is -2.82. The normalized spacial score (nSPS) is 12.3. The molecule has 1 unspecified atom stereocenters. The molecular formula is C21H23NO4. The second-order valence-electron chi connectivity index (χ2n) is 6.69. The summed E-state index contributed by atoms with van der Waals surface area (Å²) in [6, 6.07) is 15.5. The maximum absolute atomic E-state index is 12.4. The lowest BCUT2D eigenvalue weighted by Gasteiger charge is -2.13. The van der Waals surface area contributed by atoms with Crippen molar-refractivity contribution in [2.75, 3.05) is 6.61 Å². The Labute approximate surface area is 152 Å². The number of rotatable bonds is 7. The van der Waals surface area contributed by atoms with Gasteiger partial charge in [0.05, 0.1) is 18.2 Å². The van der Waals surface area contributed by atoms with Crippen LogP contribution in [0.4, 0.5) is 0 Å². The van der Waals surface area contributed by atoms with Gasteiger partial charge in [-0.3, -0.25) is 0 Å². The van der Waals surface area contributed by atoms with Crippen LogP contribution in [0.2, 0.25) is 0 Å². The van der Waals surface area contributed by atoms with Gasteiger partial charge in [-0.15, -0.1) is 0 Å². The molecule has 1 atom stereocenters. The van der Waals surface area contributed by atoms with E-state index < -0.39 is 5.63 Å². The van der Waals surface area contributed by atoms with Crippen molar-refractivity contribution in [3.8, 4) is 11.8 Å². The quantitative estimate of drug-likeness (QED) is 0.636. The largest absolute Gasteiger partial charge is 0.490 e. The van der Waals surface area contributed by atoms with Gasteiger partial charge in [0.25, 0.3) is 0 Å². The Morgan fingerprint density at radius 1 is 1.04 bits per heavy atom. The first-order chi connectivity index (χ1) is 12.5. The van der Waals surface area contributed by atoms with Crippen molar-refractivity contribution in [3.05, 3.63) is 64.5 Å². The molecule has 136 valence electrons. The van der Waals surface area contributed by atoms with E-state index in [9.17, 15) is 4.79 Å². The van der Waals surface area contributed by atoms with Gasteiger partial charge < -0.3 is 13.9 Å². The van der Waals surface area contributed by atoms with Crippen LogP contribution in [0.25, 0.3) is 10.9 Å². The maximum Gasteiger partial charge on any atom is 0.397 e. The van der Waals surface area contributed by atoms with Gasteiger partial charge >= 0.3 is 11.7 Å². The summed E-state index contributed by atoms with van der Waals surface area (Å²) in [5.74, 6) is 0.735. The lowest BCUT2D eigenvalue weighted by Crippen LogP contribution is -2.14. The second kappa shape index (κ2) is 8.04. The van der Waals surface area contributed by atoms with E-state index in [1.165, 1.54) is 5.56 Å². The topological polar surface area (TPSA) is 61.6 Å². The zero-order valence-electron chi connectivity index (χ0n) is 15.3. The van der Waals surface area contributed by atoms with E-state index in [2.05, 4.69) is 24.0 Å². The first-order valence-corrected chi connectivity index (χ1v) is 8.80. The van der Waals surface area contributed by atoms with E-state index in [1.807, 2.05) is 32.0 Å². The Morgan fingerprint density at radius 3 is 2.54 bits per heavy atom. The van der Waals surface area contributed by atoms with Gasteiger partial charge in [0.2, 0.25) is 0 Å². The van der Waals surface area contributed by atoms with Crippen LogP contribution in [0, 0.1) is 5.92 Å². The summed E-state index contributed by atoms with van der Waals surface area (Å²) in [6.07, 6.45) is 0.823. The second-order valence-corrected chi connectivity index (χ2v) is 6.69. The van der Waals surface area contributed by atoms with Crippen molar-refractivity contribution in [1.29, 1.82) is 0 Å². The van der Waals surface area contributed by atoms with Crippen LogP contribution < -0.4 is 15.1 Å². The Bertz CT molecular complexity index is 918. The van der Waals surface area contributed by atoms with E-state index in [4.69, 9.17) is 13.9 Å². The summed E-state index contributed by atoms with van der Waals surface area (Å²) in [5, 5.41) is 0.339. The molecule has 1 heterocycles. The molecule has 0 saturated heterocycles. The molecule has 0 amide bonds. The fourth-order valence-electron chi connectivity index (χ4n) is 2.77. The average molecular weight is 353 g/mol. The number of fused-ring (bicyclic) bond motifs is 1. The summed E-state index contributed by atoms with van der Waals surface area (Å²) in [5.41, 5.74) is 1.24. The van der Waals surface area contributed by atoms with E-state index in [-0.39, 0.29) is 18.1 Å². The molecular weight excluding hydrogens is 330 g/mol. The van der Waals surface area contributed by atoms with Gasteiger partial charge in [0.15, 0.2) is 0 Å². The molecule has 3 aromatic rings. The van der Waals surface area contributed by atoms with E-state index >= 15 is 0 Å². The van der Waals surface area contributed by atoms with Crippen molar-refractivity contribution in [3.63, 3.8) is 0 Å². The minimum absolute atomic E-state index is 0.0101. The molecule has 3 rings (SSSR count). The summed E-state index contributed by atoms with van der Waals surface area (Å²) < 4.78 is 16.5. The number of nitrogens with zero attached hydrogens (tertiary/aromatic N) is 1. The van der Waals surface area contributed by atoms with Crippen LogP contribution in [-0.4, -0.2) is 17.7 Å². The smallest absolute Gasteiger partial charge is 0.397 e. The molecule has 5 nitrogen and oxygen atoms in total. The van der Waals surface area contributed by atoms with Gasteiger partial charge in [0.1, 0.15) is 11.1 Å². The molecule has 5 heteroatoms. The summed E-state index contributed by atoms with van der Waals surface area (Å²) >= 11 is 0.